The lowest BCUT2D eigenvalue weighted by molar-refractivity contribution is -0.0944. The minimum atomic E-state index is -0.505. The van der Waals surface area contributed by atoms with Gasteiger partial charge in [0, 0.05) is 23.3 Å². The first-order valence-electron chi connectivity index (χ1n) is 7.98. The van der Waals surface area contributed by atoms with Crippen molar-refractivity contribution in [2.75, 3.05) is 13.7 Å². The van der Waals surface area contributed by atoms with Gasteiger partial charge in [0.25, 0.3) is 0 Å². The van der Waals surface area contributed by atoms with Crippen LogP contribution in [0.5, 0.6) is 0 Å². The van der Waals surface area contributed by atoms with Crippen LogP contribution >= 0.6 is 0 Å². The fourth-order valence-corrected chi connectivity index (χ4v) is 5.73. The summed E-state index contributed by atoms with van der Waals surface area (Å²) < 4.78 is 11.9. The van der Waals surface area contributed by atoms with Crippen molar-refractivity contribution in [3.8, 4) is 0 Å². The zero-order valence-electron chi connectivity index (χ0n) is 12.2. The lowest BCUT2D eigenvalue weighted by Crippen LogP contribution is -2.64. The average molecular weight is 287 g/mol. The molecule has 0 amide bonds. The van der Waals surface area contributed by atoms with Gasteiger partial charge in [-0.1, -0.05) is 18.2 Å². The molecular formula is C17H21NO3. The zero-order valence-corrected chi connectivity index (χ0v) is 12.2. The lowest BCUT2D eigenvalue weighted by atomic mass is 9.48. The molecule has 5 aliphatic rings. The van der Waals surface area contributed by atoms with Gasteiger partial charge in [0.05, 0.1) is 7.11 Å². The van der Waals surface area contributed by atoms with E-state index in [1.165, 1.54) is 0 Å². The molecular weight excluding hydrogens is 266 g/mol. The van der Waals surface area contributed by atoms with Crippen molar-refractivity contribution in [1.29, 1.82) is 0 Å². The number of piperidine rings is 1. The van der Waals surface area contributed by atoms with Gasteiger partial charge < -0.3 is 19.9 Å². The van der Waals surface area contributed by atoms with Gasteiger partial charge in [-0.25, -0.2) is 0 Å². The van der Waals surface area contributed by atoms with E-state index >= 15 is 0 Å². The Kier molecular flexibility index (Phi) is 2.30. The summed E-state index contributed by atoms with van der Waals surface area (Å²) in [6.45, 7) is 1.02. The second kappa shape index (κ2) is 3.93. The summed E-state index contributed by atoms with van der Waals surface area (Å²) >= 11 is 0. The number of aliphatic hydroxyl groups excluding tert-OH is 1. The zero-order chi connectivity index (χ0) is 14.2. The van der Waals surface area contributed by atoms with E-state index in [2.05, 4.69) is 23.5 Å². The van der Waals surface area contributed by atoms with Crippen LogP contribution in [0, 0.1) is 23.2 Å². The number of aliphatic hydroxyl groups is 1. The van der Waals surface area contributed by atoms with Crippen molar-refractivity contribution in [3.05, 3.63) is 35.8 Å². The summed E-state index contributed by atoms with van der Waals surface area (Å²) in [4.78, 5) is 0. The lowest BCUT2D eigenvalue weighted by Gasteiger charge is -2.57. The topological polar surface area (TPSA) is 50.7 Å². The summed E-state index contributed by atoms with van der Waals surface area (Å²) in [5.41, 5.74) is 0.0386. The quantitative estimate of drug-likeness (QED) is 0.715. The van der Waals surface area contributed by atoms with E-state index in [1.54, 1.807) is 7.11 Å². The predicted molar refractivity (Wildman–Crippen MR) is 77.1 cm³/mol. The van der Waals surface area contributed by atoms with Crippen molar-refractivity contribution in [1.82, 2.24) is 5.32 Å². The van der Waals surface area contributed by atoms with Gasteiger partial charge >= 0.3 is 0 Å². The molecule has 1 spiro atoms. The van der Waals surface area contributed by atoms with Crippen LogP contribution in [0.25, 0.3) is 0 Å². The number of methoxy groups -OCH3 is 1. The van der Waals surface area contributed by atoms with Crippen LogP contribution in [-0.2, 0) is 9.47 Å². The highest BCUT2D eigenvalue weighted by molar-refractivity contribution is 5.38. The second-order valence-electron chi connectivity index (χ2n) is 7.03. The highest BCUT2D eigenvalue weighted by Gasteiger charge is 2.68. The van der Waals surface area contributed by atoms with E-state index in [1.807, 2.05) is 6.08 Å². The standard InChI is InChI=1S/C17H21NO3/c1-20-13-5-2-9-8-11-10-3-4-12(19)16-17(10,6-7-18-11)14(9)15(13)21-16/h2-5,9-12,14,16,18-19H,6-8H2,1H3/t9?,10?,11-,12?,14?,16?,17+/m1/s1. The highest BCUT2D eigenvalue weighted by atomic mass is 16.5. The average Bonchev–Trinajstić information content (AvgIpc) is 2.83. The van der Waals surface area contributed by atoms with E-state index in [-0.39, 0.29) is 11.5 Å². The fraction of sp³-hybridized carbons (Fsp3) is 0.647. The van der Waals surface area contributed by atoms with Crippen LogP contribution in [0.4, 0.5) is 0 Å². The van der Waals surface area contributed by atoms with Crippen LogP contribution in [0.3, 0.4) is 0 Å². The highest BCUT2D eigenvalue weighted by Crippen LogP contribution is 2.65. The number of hydrogen-bond donors (Lipinski definition) is 2. The maximum atomic E-state index is 10.5. The molecule has 7 atom stereocenters. The maximum absolute atomic E-state index is 10.5. The molecule has 2 aliphatic heterocycles. The molecule has 4 heteroatoms. The van der Waals surface area contributed by atoms with Gasteiger partial charge in [-0.2, -0.15) is 0 Å². The number of ether oxygens (including phenoxy) is 2. The van der Waals surface area contributed by atoms with E-state index in [0.717, 1.165) is 30.9 Å². The van der Waals surface area contributed by atoms with Gasteiger partial charge in [0.1, 0.15) is 18.0 Å². The third-order valence-electron chi connectivity index (χ3n) is 6.40. The summed E-state index contributed by atoms with van der Waals surface area (Å²) in [5, 5.41) is 14.2. The third-order valence-corrected chi connectivity index (χ3v) is 6.40. The van der Waals surface area contributed by atoms with Gasteiger partial charge in [0.2, 0.25) is 0 Å². The molecule has 0 aromatic carbocycles. The van der Waals surface area contributed by atoms with Crippen LogP contribution < -0.4 is 5.32 Å². The van der Waals surface area contributed by atoms with Gasteiger partial charge in [-0.15, -0.1) is 0 Å². The van der Waals surface area contributed by atoms with Gasteiger partial charge in [0.15, 0.2) is 5.76 Å². The summed E-state index contributed by atoms with van der Waals surface area (Å²) in [6.07, 6.45) is 10.1. The van der Waals surface area contributed by atoms with E-state index in [0.29, 0.717) is 23.8 Å². The molecule has 0 radical (unpaired) electrons. The number of nitrogens with one attached hydrogen (secondary N) is 1. The first-order chi connectivity index (χ1) is 10.3. The Hall–Kier alpha value is -1.26. The molecule has 2 saturated heterocycles. The molecule has 0 aromatic rings. The molecule has 3 fully saturated rings. The van der Waals surface area contributed by atoms with Gasteiger partial charge in [-0.05, 0) is 31.4 Å². The van der Waals surface area contributed by atoms with Crippen LogP contribution in [-0.4, -0.2) is 37.0 Å². The molecule has 2 heterocycles. The first kappa shape index (κ1) is 12.3. The van der Waals surface area contributed by atoms with Crippen molar-refractivity contribution >= 4 is 0 Å². The van der Waals surface area contributed by atoms with Crippen molar-refractivity contribution in [3.63, 3.8) is 0 Å². The Balaban J connectivity index is 1.74. The van der Waals surface area contributed by atoms with E-state index < -0.39 is 6.10 Å². The van der Waals surface area contributed by atoms with E-state index in [9.17, 15) is 5.11 Å². The molecule has 3 aliphatic carbocycles. The van der Waals surface area contributed by atoms with Crippen molar-refractivity contribution in [2.45, 2.75) is 31.1 Å². The predicted octanol–water partition coefficient (Wildman–Crippen LogP) is 1.34. The molecule has 4 nitrogen and oxygen atoms in total. The SMILES string of the molecule is COC1=C2OC3C(O)C=CC4[C@H]5CC(C=C1)C2[C@@]34CCN5. The fourth-order valence-electron chi connectivity index (χ4n) is 5.73. The Labute approximate surface area is 124 Å². The summed E-state index contributed by atoms with van der Waals surface area (Å²) in [5.74, 6) is 3.16. The normalized spacial score (nSPS) is 52.5. The molecule has 1 saturated carbocycles. The van der Waals surface area contributed by atoms with Crippen molar-refractivity contribution < 1.29 is 14.6 Å². The summed E-state index contributed by atoms with van der Waals surface area (Å²) in [7, 11) is 1.70. The molecule has 0 aromatic heterocycles. The van der Waals surface area contributed by atoms with Crippen LogP contribution in [0.2, 0.25) is 0 Å². The molecule has 2 bridgehead atoms. The molecule has 112 valence electrons. The second-order valence-corrected chi connectivity index (χ2v) is 7.03. The molecule has 5 rings (SSSR count). The molecule has 2 N–H and O–H groups in total. The minimum Gasteiger partial charge on any atom is -0.493 e. The van der Waals surface area contributed by atoms with Crippen LogP contribution in [0.15, 0.2) is 35.8 Å². The Bertz CT molecular complexity index is 581. The largest absolute Gasteiger partial charge is 0.493 e. The Morgan fingerprint density at radius 2 is 2.29 bits per heavy atom. The maximum Gasteiger partial charge on any atom is 0.156 e. The van der Waals surface area contributed by atoms with Crippen molar-refractivity contribution in [2.24, 2.45) is 23.2 Å². The minimum absolute atomic E-state index is 0.0386. The molecule has 21 heavy (non-hydrogen) atoms. The Morgan fingerprint density at radius 3 is 3.14 bits per heavy atom. The monoisotopic (exact) mass is 287 g/mol. The smallest absolute Gasteiger partial charge is 0.156 e. The summed E-state index contributed by atoms with van der Waals surface area (Å²) in [6, 6.07) is 0.503. The van der Waals surface area contributed by atoms with Gasteiger partial charge in [-0.3, -0.25) is 0 Å². The van der Waals surface area contributed by atoms with E-state index in [4.69, 9.17) is 9.47 Å². The number of hydrogen-bond acceptors (Lipinski definition) is 4. The third kappa shape index (κ3) is 1.29. The number of rotatable bonds is 1. The number of allylic oxidation sites excluding steroid dienone is 3. The first-order valence-corrected chi connectivity index (χ1v) is 7.98. The Morgan fingerprint density at radius 1 is 1.38 bits per heavy atom. The molecule has 5 unspecified atom stereocenters. The van der Waals surface area contributed by atoms with Crippen LogP contribution in [0.1, 0.15) is 12.8 Å².